The summed E-state index contributed by atoms with van der Waals surface area (Å²) >= 11 is 5.98. The summed E-state index contributed by atoms with van der Waals surface area (Å²) in [6.45, 7) is 9.21. The van der Waals surface area contributed by atoms with Crippen molar-refractivity contribution < 1.29 is 23.8 Å². The molecule has 0 spiro atoms. The second-order valence-corrected chi connectivity index (χ2v) is 9.87. The van der Waals surface area contributed by atoms with Crippen molar-refractivity contribution in [3.05, 3.63) is 75.7 Å². The Hall–Kier alpha value is -3.00. The summed E-state index contributed by atoms with van der Waals surface area (Å²) in [6.07, 6.45) is 5.03. The number of amidine groups is 1. The van der Waals surface area contributed by atoms with Crippen LogP contribution in [-0.2, 0) is 14.3 Å². The van der Waals surface area contributed by atoms with Gasteiger partial charge in [0.15, 0.2) is 11.6 Å². The van der Waals surface area contributed by atoms with E-state index >= 15 is 0 Å². The zero-order valence-electron chi connectivity index (χ0n) is 20.7. The SMILES string of the molecule is COCC(C)(C)OC(C)(C)N1C(=O)/C(=C/c2cc(C)c(O)c(F)c2)N=C1/C=C/c1ccc(Cl)cc1. The highest BCUT2D eigenvalue weighted by molar-refractivity contribution is 6.30. The van der Waals surface area contributed by atoms with E-state index in [4.69, 9.17) is 21.1 Å². The summed E-state index contributed by atoms with van der Waals surface area (Å²) < 4.78 is 25.6. The topological polar surface area (TPSA) is 71.4 Å². The maximum Gasteiger partial charge on any atom is 0.280 e. The van der Waals surface area contributed by atoms with Crippen LogP contribution in [0.25, 0.3) is 12.2 Å². The van der Waals surface area contributed by atoms with Crippen molar-refractivity contribution in [2.75, 3.05) is 13.7 Å². The third-order valence-corrected chi connectivity index (χ3v) is 5.57. The number of halogens is 2. The summed E-state index contributed by atoms with van der Waals surface area (Å²) in [7, 11) is 1.58. The fourth-order valence-corrected chi connectivity index (χ4v) is 4.14. The molecule has 1 aliphatic rings. The van der Waals surface area contributed by atoms with E-state index in [0.717, 1.165) is 11.6 Å². The van der Waals surface area contributed by atoms with Gasteiger partial charge < -0.3 is 14.6 Å². The lowest BCUT2D eigenvalue weighted by Gasteiger charge is -2.41. The lowest BCUT2D eigenvalue weighted by Crippen LogP contribution is -2.54. The number of hydrogen-bond acceptors (Lipinski definition) is 5. The van der Waals surface area contributed by atoms with Gasteiger partial charge in [0.25, 0.3) is 5.91 Å². The fraction of sp³-hybridized carbons (Fsp3) is 0.333. The van der Waals surface area contributed by atoms with Crippen LogP contribution in [0.1, 0.15) is 44.4 Å². The second kappa shape index (κ2) is 10.3. The predicted octanol–water partition coefficient (Wildman–Crippen LogP) is 5.97. The molecule has 0 saturated heterocycles. The number of phenols is 1. The Morgan fingerprint density at radius 1 is 1.11 bits per heavy atom. The minimum absolute atomic E-state index is 0.117. The van der Waals surface area contributed by atoms with Gasteiger partial charge in [-0.15, -0.1) is 0 Å². The molecule has 6 nitrogen and oxygen atoms in total. The summed E-state index contributed by atoms with van der Waals surface area (Å²) in [6, 6.07) is 9.99. The smallest absolute Gasteiger partial charge is 0.280 e. The number of phenolic OH excluding ortho intramolecular Hbond substituents is 1. The molecule has 3 rings (SSSR count). The number of rotatable bonds is 8. The molecule has 35 heavy (non-hydrogen) atoms. The van der Waals surface area contributed by atoms with Gasteiger partial charge in [-0.3, -0.25) is 9.69 Å². The molecule has 1 aliphatic heterocycles. The molecule has 186 valence electrons. The minimum atomic E-state index is -1.09. The Morgan fingerprint density at radius 2 is 1.77 bits per heavy atom. The van der Waals surface area contributed by atoms with E-state index in [0.29, 0.717) is 28.6 Å². The number of ether oxygens (including phenoxy) is 2. The molecule has 0 unspecified atom stereocenters. The van der Waals surface area contributed by atoms with Gasteiger partial charge >= 0.3 is 0 Å². The van der Waals surface area contributed by atoms with E-state index in [1.54, 1.807) is 52.2 Å². The van der Waals surface area contributed by atoms with Gasteiger partial charge in [-0.05, 0) is 87.7 Å². The Morgan fingerprint density at radius 3 is 2.37 bits per heavy atom. The number of hydrogen-bond donors (Lipinski definition) is 1. The number of aromatic hydroxyl groups is 1. The molecule has 1 amide bonds. The van der Waals surface area contributed by atoms with Crippen molar-refractivity contribution in [2.45, 2.75) is 45.9 Å². The van der Waals surface area contributed by atoms with Gasteiger partial charge in [0.05, 0.1) is 12.2 Å². The highest BCUT2D eigenvalue weighted by Crippen LogP contribution is 2.32. The summed E-state index contributed by atoms with van der Waals surface area (Å²) in [5.41, 5.74) is -0.0217. The number of methoxy groups -OCH3 is 1. The largest absolute Gasteiger partial charge is 0.505 e. The van der Waals surface area contributed by atoms with E-state index in [-0.39, 0.29) is 5.70 Å². The van der Waals surface area contributed by atoms with Crippen LogP contribution < -0.4 is 0 Å². The highest BCUT2D eigenvalue weighted by Gasteiger charge is 2.43. The second-order valence-electron chi connectivity index (χ2n) is 9.43. The zero-order valence-corrected chi connectivity index (χ0v) is 21.5. The first-order chi connectivity index (χ1) is 16.3. The molecular weight excluding hydrogens is 471 g/mol. The summed E-state index contributed by atoms with van der Waals surface area (Å²) in [4.78, 5) is 19.6. The van der Waals surface area contributed by atoms with Gasteiger partial charge in [-0.2, -0.15) is 0 Å². The average molecular weight is 501 g/mol. The Bertz CT molecular complexity index is 1180. The standard InChI is InChI=1S/C27H30ClFN2O4/c1-17-13-19(14-21(29)24(17)32)15-22-25(33)31(27(4,5)35-26(2,3)16-34-6)23(30-22)12-9-18-7-10-20(28)11-8-18/h7-15,32H,16H2,1-6H3/b12-9+,22-15-. The number of aryl methyl sites for hydroxylation is 1. The van der Waals surface area contributed by atoms with Crippen molar-refractivity contribution in [2.24, 2.45) is 4.99 Å². The molecule has 0 fully saturated rings. The van der Waals surface area contributed by atoms with Crippen LogP contribution in [0, 0.1) is 12.7 Å². The monoisotopic (exact) mass is 500 g/mol. The van der Waals surface area contributed by atoms with Crippen LogP contribution >= 0.6 is 11.6 Å². The minimum Gasteiger partial charge on any atom is -0.505 e. The van der Waals surface area contributed by atoms with Crippen LogP contribution in [0.5, 0.6) is 5.75 Å². The quantitative estimate of drug-likeness (QED) is 0.453. The number of carbonyl (C=O) groups excluding carboxylic acids is 1. The van der Waals surface area contributed by atoms with Crippen molar-refractivity contribution in [3.63, 3.8) is 0 Å². The van der Waals surface area contributed by atoms with Gasteiger partial charge in [-0.1, -0.05) is 29.8 Å². The summed E-state index contributed by atoms with van der Waals surface area (Å²) in [5, 5.41) is 10.4. The molecule has 0 saturated carbocycles. The molecule has 1 heterocycles. The van der Waals surface area contributed by atoms with E-state index < -0.39 is 28.8 Å². The molecule has 8 heteroatoms. The van der Waals surface area contributed by atoms with Crippen LogP contribution in [0.4, 0.5) is 4.39 Å². The molecule has 0 aromatic heterocycles. The Kier molecular flexibility index (Phi) is 7.84. The van der Waals surface area contributed by atoms with E-state index in [1.807, 2.05) is 32.1 Å². The molecule has 0 atom stereocenters. The first-order valence-corrected chi connectivity index (χ1v) is 11.5. The molecule has 0 bridgehead atoms. The number of benzene rings is 2. The Balaban J connectivity index is 2.04. The number of aliphatic imine (C=N–C) groups is 1. The normalized spacial score (nSPS) is 16.0. The third kappa shape index (κ3) is 6.36. The van der Waals surface area contributed by atoms with Crippen molar-refractivity contribution >= 4 is 35.5 Å². The maximum absolute atomic E-state index is 14.1. The Labute approximate surface area is 210 Å². The van der Waals surface area contributed by atoms with Crippen LogP contribution in [-0.4, -0.2) is 46.8 Å². The van der Waals surface area contributed by atoms with E-state index in [2.05, 4.69) is 4.99 Å². The van der Waals surface area contributed by atoms with E-state index in [9.17, 15) is 14.3 Å². The van der Waals surface area contributed by atoms with Crippen molar-refractivity contribution in [1.82, 2.24) is 4.90 Å². The van der Waals surface area contributed by atoms with Crippen molar-refractivity contribution in [1.29, 1.82) is 0 Å². The van der Waals surface area contributed by atoms with Crippen LogP contribution in [0.2, 0.25) is 5.02 Å². The molecule has 0 aliphatic carbocycles. The van der Waals surface area contributed by atoms with Gasteiger partial charge in [0, 0.05) is 12.1 Å². The number of carbonyl (C=O) groups is 1. The van der Waals surface area contributed by atoms with Gasteiger partial charge in [-0.25, -0.2) is 9.38 Å². The molecule has 2 aromatic rings. The lowest BCUT2D eigenvalue weighted by molar-refractivity contribution is -0.194. The zero-order chi connectivity index (χ0) is 26.0. The lowest BCUT2D eigenvalue weighted by atomic mass is 10.1. The van der Waals surface area contributed by atoms with Crippen LogP contribution in [0.15, 0.2) is 53.2 Å². The fourth-order valence-electron chi connectivity index (χ4n) is 4.01. The van der Waals surface area contributed by atoms with Crippen LogP contribution in [0.3, 0.4) is 0 Å². The van der Waals surface area contributed by atoms with Gasteiger partial charge in [0.1, 0.15) is 17.3 Å². The first kappa shape index (κ1) is 26.6. The third-order valence-electron chi connectivity index (χ3n) is 5.32. The molecule has 0 radical (unpaired) electrons. The first-order valence-electron chi connectivity index (χ1n) is 11.1. The highest BCUT2D eigenvalue weighted by atomic mass is 35.5. The molecule has 1 N–H and O–H groups in total. The van der Waals surface area contributed by atoms with Crippen molar-refractivity contribution in [3.8, 4) is 5.75 Å². The predicted molar refractivity (Wildman–Crippen MR) is 137 cm³/mol. The average Bonchev–Trinajstić information content (AvgIpc) is 3.06. The molecule has 2 aromatic carbocycles. The maximum atomic E-state index is 14.1. The van der Waals surface area contributed by atoms with E-state index in [1.165, 1.54) is 11.0 Å². The molecular formula is C27H30ClFN2O4. The van der Waals surface area contributed by atoms with Gasteiger partial charge in [0.2, 0.25) is 0 Å². The number of amides is 1. The number of nitrogens with zero attached hydrogens (tertiary/aromatic N) is 2. The summed E-state index contributed by atoms with van der Waals surface area (Å²) in [5.74, 6) is -1.22.